The number of hydrogen-bond donors (Lipinski definition) is 1. The SMILES string of the molecule is CCCCOC(=O)Cn1cccc1CNC. The molecule has 0 unspecified atom stereocenters. The maximum Gasteiger partial charge on any atom is 0.325 e. The molecule has 0 spiro atoms. The topological polar surface area (TPSA) is 43.3 Å². The van der Waals surface area contributed by atoms with Gasteiger partial charge in [-0.1, -0.05) is 13.3 Å². The fraction of sp³-hybridized carbons (Fsp3) is 0.583. The van der Waals surface area contributed by atoms with E-state index in [1.54, 1.807) is 0 Å². The average Bonchev–Trinajstić information content (AvgIpc) is 2.67. The second-order valence-corrected chi connectivity index (χ2v) is 3.73. The second-order valence-electron chi connectivity index (χ2n) is 3.73. The monoisotopic (exact) mass is 224 g/mol. The first-order valence-corrected chi connectivity index (χ1v) is 5.72. The van der Waals surface area contributed by atoms with Crippen molar-refractivity contribution in [2.45, 2.75) is 32.9 Å². The molecule has 1 heterocycles. The molecule has 1 N–H and O–H groups in total. The van der Waals surface area contributed by atoms with Crippen LogP contribution in [0.15, 0.2) is 18.3 Å². The van der Waals surface area contributed by atoms with Gasteiger partial charge in [-0.15, -0.1) is 0 Å². The molecule has 0 bridgehead atoms. The summed E-state index contributed by atoms with van der Waals surface area (Å²) in [6.07, 6.45) is 3.87. The maximum absolute atomic E-state index is 11.5. The Hall–Kier alpha value is -1.29. The van der Waals surface area contributed by atoms with Crippen LogP contribution in [0.2, 0.25) is 0 Å². The number of ether oxygens (including phenoxy) is 1. The number of carbonyl (C=O) groups is 1. The van der Waals surface area contributed by atoms with Crippen molar-refractivity contribution in [3.05, 3.63) is 24.0 Å². The number of rotatable bonds is 7. The van der Waals surface area contributed by atoms with Gasteiger partial charge in [-0.25, -0.2) is 0 Å². The second kappa shape index (κ2) is 7.06. The molecule has 0 amide bonds. The van der Waals surface area contributed by atoms with E-state index < -0.39 is 0 Å². The third kappa shape index (κ3) is 4.06. The van der Waals surface area contributed by atoms with Gasteiger partial charge in [0.05, 0.1) is 6.61 Å². The zero-order valence-electron chi connectivity index (χ0n) is 10.0. The molecule has 0 aromatic carbocycles. The first-order valence-electron chi connectivity index (χ1n) is 5.72. The molecule has 90 valence electrons. The number of nitrogens with one attached hydrogen (secondary N) is 1. The van der Waals surface area contributed by atoms with Crippen LogP contribution in [0, 0.1) is 0 Å². The van der Waals surface area contributed by atoms with Crippen molar-refractivity contribution < 1.29 is 9.53 Å². The van der Waals surface area contributed by atoms with E-state index >= 15 is 0 Å². The lowest BCUT2D eigenvalue weighted by molar-refractivity contribution is -0.144. The Morgan fingerprint density at radius 2 is 2.38 bits per heavy atom. The molecule has 1 aromatic rings. The summed E-state index contributed by atoms with van der Waals surface area (Å²) in [5, 5.41) is 3.06. The van der Waals surface area contributed by atoms with Crippen LogP contribution in [0.25, 0.3) is 0 Å². The van der Waals surface area contributed by atoms with Crippen molar-refractivity contribution in [2.24, 2.45) is 0 Å². The summed E-state index contributed by atoms with van der Waals surface area (Å²) >= 11 is 0. The van der Waals surface area contributed by atoms with Gasteiger partial charge < -0.3 is 14.6 Å². The first kappa shape index (κ1) is 12.8. The van der Waals surface area contributed by atoms with Gasteiger partial charge in [-0.2, -0.15) is 0 Å². The average molecular weight is 224 g/mol. The third-order valence-electron chi connectivity index (χ3n) is 2.34. The minimum atomic E-state index is -0.165. The standard InChI is InChI=1S/C12H20N2O2/c1-3-4-8-16-12(15)10-14-7-5-6-11(14)9-13-2/h5-7,13H,3-4,8-10H2,1-2H3. The van der Waals surface area contributed by atoms with Gasteiger partial charge in [0.2, 0.25) is 0 Å². The number of aromatic nitrogens is 1. The van der Waals surface area contributed by atoms with Gasteiger partial charge in [0.15, 0.2) is 0 Å². The van der Waals surface area contributed by atoms with Crippen molar-refractivity contribution in [1.29, 1.82) is 0 Å². The fourth-order valence-electron chi connectivity index (χ4n) is 1.46. The number of unbranched alkanes of at least 4 members (excludes halogenated alkanes) is 1. The van der Waals surface area contributed by atoms with E-state index in [9.17, 15) is 4.79 Å². The lowest BCUT2D eigenvalue weighted by Crippen LogP contribution is -2.17. The van der Waals surface area contributed by atoms with E-state index in [1.807, 2.05) is 29.9 Å². The Balaban J connectivity index is 2.39. The Labute approximate surface area is 96.6 Å². The highest BCUT2D eigenvalue weighted by Gasteiger charge is 2.06. The van der Waals surface area contributed by atoms with E-state index in [0.29, 0.717) is 13.2 Å². The van der Waals surface area contributed by atoms with Crippen LogP contribution in [-0.2, 0) is 22.6 Å². The summed E-state index contributed by atoms with van der Waals surface area (Å²) in [6, 6.07) is 3.93. The molecule has 1 rings (SSSR count). The third-order valence-corrected chi connectivity index (χ3v) is 2.34. The molecule has 4 nitrogen and oxygen atoms in total. The van der Waals surface area contributed by atoms with Gasteiger partial charge in [0.1, 0.15) is 6.54 Å². The molecule has 16 heavy (non-hydrogen) atoms. The molecule has 0 aliphatic heterocycles. The van der Waals surface area contributed by atoms with Crippen LogP contribution in [-0.4, -0.2) is 24.2 Å². The van der Waals surface area contributed by atoms with Gasteiger partial charge in [-0.3, -0.25) is 4.79 Å². The minimum absolute atomic E-state index is 0.165. The predicted octanol–water partition coefficient (Wildman–Crippen LogP) is 1.55. The Morgan fingerprint density at radius 3 is 3.06 bits per heavy atom. The molecule has 0 radical (unpaired) electrons. The van der Waals surface area contributed by atoms with Crippen LogP contribution in [0.1, 0.15) is 25.5 Å². The molecule has 0 fully saturated rings. The maximum atomic E-state index is 11.5. The predicted molar refractivity (Wildman–Crippen MR) is 63.1 cm³/mol. The molecule has 4 heteroatoms. The lowest BCUT2D eigenvalue weighted by Gasteiger charge is -2.08. The van der Waals surface area contributed by atoms with Crippen LogP contribution in [0.3, 0.4) is 0 Å². The molecular weight excluding hydrogens is 204 g/mol. The Bertz CT molecular complexity index is 321. The fourth-order valence-corrected chi connectivity index (χ4v) is 1.46. The highest BCUT2D eigenvalue weighted by Crippen LogP contribution is 2.02. The summed E-state index contributed by atoms with van der Waals surface area (Å²) < 4.78 is 7.02. The van der Waals surface area contributed by atoms with Crippen LogP contribution in [0.5, 0.6) is 0 Å². The number of esters is 1. The van der Waals surface area contributed by atoms with E-state index in [0.717, 1.165) is 25.1 Å². The van der Waals surface area contributed by atoms with Crippen molar-refractivity contribution >= 4 is 5.97 Å². The minimum Gasteiger partial charge on any atom is -0.464 e. The van der Waals surface area contributed by atoms with Crippen LogP contribution < -0.4 is 5.32 Å². The first-order chi connectivity index (χ1) is 7.77. The summed E-state index contributed by atoms with van der Waals surface area (Å²) in [6.45, 7) is 3.66. The summed E-state index contributed by atoms with van der Waals surface area (Å²) in [5.41, 5.74) is 1.09. The lowest BCUT2D eigenvalue weighted by atomic mass is 10.4. The van der Waals surface area contributed by atoms with Gasteiger partial charge in [-0.05, 0) is 25.6 Å². The van der Waals surface area contributed by atoms with Crippen LogP contribution >= 0.6 is 0 Å². The molecule has 0 aliphatic carbocycles. The molecule has 0 saturated carbocycles. The van der Waals surface area contributed by atoms with Crippen molar-refractivity contribution in [2.75, 3.05) is 13.7 Å². The number of carbonyl (C=O) groups excluding carboxylic acids is 1. The Kier molecular flexibility index (Phi) is 5.64. The summed E-state index contributed by atoms with van der Waals surface area (Å²) in [5.74, 6) is -0.165. The molecule has 0 saturated heterocycles. The molecule has 0 aliphatic rings. The van der Waals surface area contributed by atoms with Gasteiger partial charge in [0.25, 0.3) is 0 Å². The highest BCUT2D eigenvalue weighted by atomic mass is 16.5. The van der Waals surface area contributed by atoms with E-state index in [-0.39, 0.29) is 5.97 Å². The van der Waals surface area contributed by atoms with Crippen LogP contribution in [0.4, 0.5) is 0 Å². The molecular formula is C12H20N2O2. The highest BCUT2D eigenvalue weighted by molar-refractivity contribution is 5.69. The van der Waals surface area contributed by atoms with Crippen molar-refractivity contribution in [1.82, 2.24) is 9.88 Å². The molecule has 0 atom stereocenters. The van der Waals surface area contributed by atoms with E-state index in [2.05, 4.69) is 12.2 Å². The zero-order valence-corrected chi connectivity index (χ0v) is 10.0. The van der Waals surface area contributed by atoms with Gasteiger partial charge >= 0.3 is 5.97 Å². The zero-order chi connectivity index (χ0) is 11.8. The van der Waals surface area contributed by atoms with Gasteiger partial charge in [0, 0.05) is 18.4 Å². The largest absolute Gasteiger partial charge is 0.464 e. The van der Waals surface area contributed by atoms with Crippen molar-refractivity contribution in [3.8, 4) is 0 Å². The number of hydrogen-bond acceptors (Lipinski definition) is 3. The molecule has 1 aromatic heterocycles. The van der Waals surface area contributed by atoms with E-state index in [1.165, 1.54) is 0 Å². The summed E-state index contributed by atoms with van der Waals surface area (Å²) in [7, 11) is 1.89. The quantitative estimate of drug-likeness (QED) is 0.564. The van der Waals surface area contributed by atoms with E-state index in [4.69, 9.17) is 4.74 Å². The summed E-state index contributed by atoms with van der Waals surface area (Å²) in [4.78, 5) is 11.5. The Morgan fingerprint density at radius 1 is 1.56 bits per heavy atom. The normalized spacial score (nSPS) is 10.4. The van der Waals surface area contributed by atoms with Crippen molar-refractivity contribution in [3.63, 3.8) is 0 Å². The number of nitrogens with zero attached hydrogens (tertiary/aromatic N) is 1. The smallest absolute Gasteiger partial charge is 0.325 e.